The summed E-state index contributed by atoms with van der Waals surface area (Å²) >= 11 is 3.42. The largest absolute Gasteiger partial charge is 0.356 e. The minimum Gasteiger partial charge on any atom is -0.356 e. The third-order valence-corrected chi connectivity index (χ3v) is 2.89. The number of rotatable bonds is 6. The molecule has 0 aliphatic carbocycles. The zero-order valence-electron chi connectivity index (χ0n) is 7.90. The van der Waals surface area contributed by atoms with Crippen LogP contribution in [0.4, 0.5) is 0 Å². The molecule has 0 bridgehead atoms. The molecular weight excluding hydrogens is 218 g/mol. The van der Waals surface area contributed by atoms with Gasteiger partial charge >= 0.3 is 0 Å². The molecule has 12 heavy (non-hydrogen) atoms. The van der Waals surface area contributed by atoms with E-state index in [1.165, 1.54) is 6.42 Å². The van der Waals surface area contributed by atoms with Gasteiger partial charge in [0.1, 0.15) is 0 Å². The lowest BCUT2D eigenvalue weighted by atomic mass is 10.1. The molecule has 0 aromatic rings. The molecule has 1 unspecified atom stereocenters. The number of hydrogen-bond acceptors (Lipinski definition) is 1. The average Bonchev–Trinajstić information content (AvgIpc) is 2.11. The molecule has 0 aromatic heterocycles. The van der Waals surface area contributed by atoms with Crippen LogP contribution in [-0.2, 0) is 4.79 Å². The molecule has 0 spiro atoms. The van der Waals surface area contributed by atoms with Crippen molar-refractivity contribution in [2.75, 3.05) is 11.9 Å². The van der Waals surface area contributed by atoms with Gasteiger partial charge in [-0.15, -0.1) is 0 Å². The lowest BCUT2D eigenvalue weighted by molar-refractivity contribution is -0.120. The van der Waals surface area contributed by atoms with Crippen molar-refractivity contribution in [3.05, 3.63) is 0 Å². The minimum absolute atomic E-state index is 0.154. The van der Waals surface area contributed by atoms with E-state index in [2.05, 4.69) is 28.2 Å². The first-order chi connectivity index (χ1) is 5.70. The van der Waals surface area contributed by atoms with E-state index in [1.807, 2.05) is 6.92 Å². The van der Waals surface area contributed by atoms with Gasteiger partial charge in [0.25, 0.3) is 0 Å². The van der Waals surface area contributed by atoms with Crippen LogP contribution in [-0.4, -0.2) is 17.8 Å². The Labute approximate surface area is 83.2 Å². The lowest BCUT2D eigenvalue weighted by Gasteiger charge is -2.07. The Kier molecular flexibility index (Phi) is 7.56. The summed E-state index contributed by atoms with van der Waals surface area (Å²) in [5, 5.41) is 3.91. The minimum atomic E-state index is 0.154. The van der Waals surface area contributed by atoms with E-state index in [1.54, 1.807) is 0 Å². The van der Waals surface area contributed by atoms with Gasteiger partial charge in [0.2, 0.25) is 5.91 Å². The molecule has 1 amide bonds. The predicted octanol–water partition coefficient (Wildman–Crippen LogP) is 2.32. The maximum atomic E-state index is 10.8. The SMILES string of the molecule is CCC(=O)NCCCC(C)CBr. The van der Waals surface area contributed by atoms with Gasteiger partial charge in [-0.05, 0) is 18.8 Å². The highest BCUT2D eigenvalue weighted by Crippen LogP contribution is 2.07. The molecule has 1 atom stereocenters. The molecule has 0 aliphatic heterocycles. The summed E-state index contributed by atoms with van der Waals surface area (Å²) in [5.74, 6) is 0.866. The Hall–Kier alpha value is -0.0500. The average molecular weight is 236 g/mol. The molecule has 0 radical (unpaired) electrons. The maximum Gasteiger partial charge on any atom is 0.219 e. The molecule has 0 aromatic carbocycles. The highest BCUT2D eigenvalue weighted by Gasteiger charge is 1.99. The molecule has 0 aliphatic rings. The zero-order valence-corrected chi connectivity index (χ0v) is 9.49. The Morgan fingerprint density at radius 2 is 2.25 bits per heavy atom. The van der Waals surface area contributed by atoms with Crippen LogP contribution in [0, 0.1) is 5.92 Å². The number of carbonyl (C=O) groups is 1. The van der Waals surface area contributed by atoms with E-state index in [9.17, 15) is 4.79 Å². The molecule has 0 saturated carbocycles. The number of alkyl halides is 1. The third-order valence-electron chi connectivity index (χ3n) is 1.78. The van der Waals surface area contributed by atoms with Gasteiger partial charge in [0.15, 0.2) is 0 Å². The van der Waals surface area contributed by atoms with Crippen molar-refractivity contribution in [3.63, 3.8) is 0 Å². The Morgan fingerprint density at radius 1 is 1.58 bits per heavy atom. The highest BCUT2D eigenvalue weighted by molar-refractivity contribution is 9.09. The Balaban J connectivity index is 3.15. The van der Waals surface area contributed by atoms with Crippen LogP contribution >= 0.6 is 15.9 Å². The normalized spacial score (nSPS) is 12.6. The van der Waals surface area contributed by atoms with Crippen LogP contribution in [0.3, 0.4) is 0 Å². The van der Waals surface area contributed by atoms with Crippen molar-refractivity contribution < 1.29 is 4.79 Å². The fourth-order valence-corrected chi connectivity index (χ4v) is 1.20. The molecule has 2 nitrogen and oxygen atoms in total. The summed E-state index contributed by atoms with van der Waals surface area (Å²) < 4.78 is 0. The number of nitrogens with one attached hydrogen (secondary N) is 1. The number of carbonyl (C=O) groups excluding carboxylic acids is 1. The van der Waals surface area contributed by atoms with Gasteiger partial charge in [-0.3, -0.25) is 4.79 Å². The van der Waals surface area contributed by atoms with Crippen LogP contribution in [0.2, 0.25) is 0 Å². The third kappa shape index (κ3) is 6.65. The van der Waals surface area contributed by atoms with Crippen molar-refractivity contribution in [2.45, 2.75) is 33.1 Å². The van der Waals surface area contributed by atoms with Crippen molar-refractivity contribution in [1.29, 1.82) is 0 Å². The quantitative estimate of drug-likeness (QED) is 0.556. The summed E-state index contributed by atoms with van der Waals surface area (Å²) in [4.78, 5) is 10.8. The van der Waals surface area contributed by atoms with Gasteiger partial charge in [-0.2, -0.15) is 0 Å². The second-order valence-electron chi connectivity index (χ2n) is 3.11. The number of halogens is 1. The van der Waals surface area contributed by atoms with E-state index >= 15 is 0 Å². The summed E-state index contributed by atoms with van der Waals surface area (Å²) in [6.45, 7) is 4.90. The van der Waals surface area contributed by atoms with Crippen LogP contribution < -0.4 is 5.32 Å². The first kappa shape index (κ1) is 11.9. The summed E-state index contributed by atoms with van der Waals surface area (Å²) in [6, 6.07) is 0. The molecule has 0 rings (SSSR count). The molecular formula is C9H18BrNO. The van der Waals surface area contributed by atoms with Crippen molar-refractivity contribution in [3.8, 4) is 0 Å². The van der Waals surface area contributed by atoms with Gasteiger partial charge in [-0.25, -0.2) is 0 Å². The van der Waals surface area contributed by atoms with Crippen LogP contribution in [0.5, 0.6) is 0 Å². The second kappa shape index (κ2) is 7.59. The van der Waals surface area contributed by atoms with Crippen molar-refractivity contribution in [1.82, 2.24) is 5.32 Å². The van der Waals surface area contributed by atoms with Gasteiger partial charge in [-0.1, -0.05) is 29.8 Å². The highest BCUT2D eigenvalue weighted by atomic mass is 79.9. The molecule has 1 N–H and O–H groups in total. The zero-order chi connectivity index (χ0) is 9.40. The molecule has 0 fully saturated rings. The van der Waals surface area contributed by atoms with E-state index in [0.29, 0.717) is 12.3 Å². The van der Waals surface area contributed by atoms with Crippen LogP contribution in [0.25, 0.3) is 0 Å². The van der Waals surface area contributed by atoms with Crippen molar-refractivity contribution in [2.24, 2.45) is 5.92 Å². The topological polar surface area (TPSA) is 29.1 Å². The molecule has 0 heterocycles. The standard InChI is InChI=1S/C9H18BrNO/c1-3-9(12)11-6-4-5-8(2)7-10/h8H,3-7H2,1-2H3,(H,11,12). The number of amides is 1. The fraction of sp³-hybridized carbons (Fsp3) is 0.889. The second-order valence-corrected chi connectivity index (χ2v) is 3.75. The van der Waals surface area contributed by atoms with Crippen LogP contribution in [0.15, 0.2) is 0 Å². The van der Waals surface area contributed by atoms with Crippen molar-refractivity contribution >= 4 is 21.8 Å². The number of hydrogen-bond donors (Lipinski definition) is 1. The molecule has 72 valence electrons. The summed E-state index contributed by atoms with van der Waals surface area (Å²) in [5.41, 5.74) is 0. The van der Waals surface area contributed by atoms with Crippen LogP contribution in [0.1, 0.15) is 33.1 Å². The van der Waals surface area contributed by atoms with Gasteiger partial charge in [0, 0.05) is 18.3 Å². The van der Waals surface area contributed by atoms with Gasteiger partial charge < -0.3 is 5.32 Å². The fourth-order valence-electron chi connectivity index (χ4n) is 0.880. The van der Waals surface area contributed by atoms with Gasteiger partial charge in [0.05, 0.1) is 0 Å². The summed E-state index contributed by atoms with van der Waals surface area (Å²) in [7, 11) is 0. The molecule has 3 heteroatoms. The van der Waals surface area contributed by atoms with E-state index < -0.39 is 0 Å². The Bertz CT molecular complexity index is 128. The van der Waals surface area contributed by atoms with E-state index in [0.717, 1.165) is 18.3 Å². The monoisotopic (exact) mass is 235 g/mol. The predicted molar refractivity (Wildman–Crippen MR) is 55.5 cm³/mol. The van der Waals surface area contributed by atoms with E-state index in [4.69, 9.17) is 0 Å². The maximum absolute atomic E-state index is 10.8. The Morgan fingerprint density at radius 3 is 2.75 bits per heavy atom. The lowest BCUT2D eigenvalue weighted by Crippen LogP contribution is -2.23. The smallest absolute Gasteiger partial charge is 0.219 e. The molecule has 0 saturated heterocycles. The summed E-state index contributed by atoms with van der Waals surface area (Å²) in [6.07, 6.45) is 2.85. The first-order valence-electron chi connectivity index (χ1n) is 4.53. The first-order valence-corrected chi connectivity index (χ1v) is 5.65. The van der Waals surface area contributed by atoms with E-state index in [-0.39, 0.29) is 5.91 Å².